The Bertz CT molecular complexity index is 561. The molecule has 1 heterocycles. The van der Waals surface area contributed by atoms with Crippen LogP contribution in [0.1, 0.15) is 40.2 Å². The summed E-state index contributed by atoms with van der Waals surface area (Å²) in [7, 11) is -0.492. The summed E-state index contributed by atoms with van der Waals surface area (Å²) in [4.78, 5) is 4.46. The van der Waals surface area contributed by atoms with Crippen LogP contribution >= 0.6 is 0 Å². The first kappa shape index (κ1) is 16.8. The Kier molecular flexibility index (Phi) is 4.78. The van der Waals surface area contributed by atoms with Gasteiger partial charge in [0.2, 0.25) is 0 Å². The van der Waals surface area contributed by atoms with E-state index in [1.807, 2.05) is 39.8 Å². The highest BCUT2D eigenvalue weighted by atomic mass is 16.7. The van der Waals surface area contributed by atoms with Crippen molar-refractivity contribution in [3.05, 3.63) is 41.5 Å². The second-order valence-corrected chi connectivity index (χ2v) is 6.53. The smallest absolute Gasteiger partial charge is 0.405 e. The van der Waals surface area contributed by atoms with Gasteiger partial charge in [-0.2, -0.15) is 0 Å². The maximum absolute atomic E-state index is 5.98. The summed E-state index contributed by atoms with van der Waals surface area (Å²) in [6, 6.07) is 8.14. The fourth-order valence-corrected chi connectivity index (χ4v) is 2.13. The minimum atomic E-state index is -0.492. The van der Waals surface area contributed by atoms with Crippen molar-refractivity contribution in [2.75, 3.05) is 0 Å². The summed E-state index contributed by atoms with van der Waals surface area (Å²) in [6.07, 6.45) is 4.22. The van der Waals surface area contributed by atoms with E-state index in [1.54, 1.807) is 6.21 Å². The van der Waals surface area contributed by atoms with Gasteiger partial charge in [0, 0.05) is 11.7 Å². The van der Waals surface area contributed by atoms with Crippen LogP contribution in [0.5, 0.6) is 0 Å². The van der Waals surface area contributed by atoms with E-state index in [2.05, 4.69) is 24.0 Å². The highest BCUT2D eigenvalue weighted by molar-refractivity contribution is 6.60. The largest absolute Gasteiger partial charge is 0.497 e. The van der Waals surface area contributed by atoms with Gasteiger partial charge in [-0.25, -0.2) is 0 Å². The van der Waals surface area contributed by atoms with E-state index in [9.17, 15) is 0 Å². The molecule has 0 saturated carbocycles. The lowest BCUT2D eigenvalue weighted by Gasteiger charge is -2.32. The lowest BCUT2D eigenvalue weighted by molar-refractivity contribution is 0.00578. The first-order valence-electron chi connectivity index (χ1n) is 7.69. The summed E-state index contributed by atoms with van der Waals surface area (Å²) in [6.45, 7) is 10.2. The van der Waals surface area contributed by atoms with Crippen LogP contribution in [0.4, 0.5) is 5.69 Å². The summed E-state index contributed by atoms with van der Waals surface area (Å²) >= 11 is 0. The zero-order chi connectivity index (χ0) is 16.4. The Labute approximate surface area is 133 Å². The molecule has 0 amide bonds. The fraction of sp³-hybridized carbons (Fsp3) is 0.471. The van der Waals surface area contributed by atoms with Crippen LogP contribution in [-0.2, 0) is 15.7 Å². The van der Waals surface area contributed by atoms with Gasteiger partial charge in [0.1, 0.15) is 0 Å². The molecule has 118 valence electrons. The SMILES string of the molecule is CCc1ccc(N=CC(=CN)B2OC(C)(C)C(C)(C)O2)cc1. The molecule has 0 atom stereocenters. The predicted octanol–water partition coefficient (Wildman–Crippen LogP) is 3.43. The molecule has 1 fully saturated rings. The molecule has 2 N–H and O–H groups in total. The third-order valence-electron chi connectivity index (χ3n) is 4.43. The molecule has 1 aromatic rings. The van der Waals surface area contributed by atoms with Gasteiger partial charge >= 0.3 is 7.12 Å². The lowest BCUT2D eigenvalue weighted by atomic mass is 9.79. The maximum Gasteiger partial charge on any atom is 0.497 e. The zero-order valence-electron chi connectivity index (χ0n) is 14.1. The van der Waals surface area contributed by atoms with Gasteiger partial charge in [-0.15, -0.1) is 0 Å². The van der Waals surface area contributed by atoms with Crippen LogP contribution in [0, 0.1) is 0 Å². The predicted molar refractivity (Wildman–Crippen MR) is 92.3 cm³/mol. The van der Waals surface area contributed by atoms with Gasteiger partial charge in [-0.05, 0) is 58.0 Å². The molecular weight excluding hydrogens is 275 g/mol. The van der Waals surface area contributed by atoms with Crippen molar-refractivity contribution < 1.29 is 9.31 Å². The quantitative estimate of drug-likeness (QED) is 0.684. The second kappa shape index (κ2) is 6.27. The molecule has 1 saturated heterocycles. The molecule has 5 heteroatoms. The van der Waals surface area contributed by atoms with Gasteiger partial charge < -0.3 is 15.0 Å². The third-order valence-corrected chi connectivity index (χ3v) is 4.43. The molecule has 4 nitrogen and oxygen atoms in total. The molecule has 0 spiro atoms. The molecule has 1 aliphatic heterocycles. The van der Waals surface area contributed by atoms with Crippen LogP contribution < -0.4 is 5.73 Å². The van der Waals surface area contributed by atoms with Gasteiger partial charge in [0.25, 0.3) is 0 Å². The topological polar surface area (TPSA) is 56.8 Å². The summed E-state index contributed by atoms with van der Waals surface area (Å²) < 4.78 is 12.0. The number of nitrogens with zero attached hydrogens (tertiary/aromatic N) is 1. The molecular formula is C17H25BN2O2. The van der Waals surface area contributed by atoms with Crippen molar-refractivity contribution >= 4 is 19.0 Å². The van der Waals surface area contributed by atoms with Gasteiger partial charge in [-0.3, -0.25) is 4.99 Å². The van der Waals surface area contributed by atoms with Gasteiger partial charge in [0.05, 0.1) is 16.9 Å². The van der Waals surface area contributed by atoms with E-state index in [-0.39, 0.29) is 11.2 Å². The second-order valence-electron chi connectivity index (χ2n) is 6.53. The number of hydrogen-bond donors (Lipinski definition) is 1. The zero-order valence-corrected chi connectivity index (χ0v) is 14.1. The monoisotopic (exact) mass is 300 g/mol. The van der Waals surface area contributed by atoms with E-state index < -0.39 is 7.12 Å². The van der Waals surface area contributed by atoms with E-state index in [4.69, 9.17) is 15.0 Å². The first-order chi connectivity index (χ1) is 10.3. The number of rotatable bonds is 4. The summed E-state index contributed by atoms with van der Waals surface area (Å²) in [5.74, 6) is 0. The molecule has 0 unspecified atom stereocenters. The fourth-order valence-electron chi connectivity index (χ4n) is 2.13. The normalized spacial score (nSPS) is 20.8. The molecule has 0 aromatic heterocycles. The first-order valence-corrected chi connectivity index (χ1v) is 7.69. The highest BCUT2D eigenvalue weighted by Crippen LogP contribution is 2.38. The molecule has 0 radical (unpaired) electrons. The average molecular weight is 300 g/mol. The number of allylic oxidation sites excluding steroid dienone is 1. The standard InChI is InChI=1S/C17H25BN2O2/c1-6-13-7-9-15(10-8-13)20-12-14(11-19)18-21-16(2,3)17(4,5)22-18/h7-12H,6,19H2,1-5H3. The Morgan fingerprint density at radius 3 is 2.14 bits per heavy atom. The number of hydrogen-bond acceptors (Lipinski definition) is 4. The van der Waals surface area contributed by atoms with Gasteiger partial charge in [-0.1, -0.05) is 19.1 Å². The molecule has 1 aromatic carbocycles. The van der Waals surface area contributed by atoms with E-state index in [0.717, 1.165) is 17.6 Å². The van der Waals surface area contributed by atoms with Crippen LogP contribution in [0.2, 0.25) is 0 Å². The highest BCUT2D eigenvalue weighted by Gasteiger charge is 2.52. The molecule has 1 aliphatic rings. The van der Waals surface area contributed by atoms with Crippen LogP contribution in [0.25, 0.3) is 0 Å². The summed E-state index contributed by atoms with van der Waals surface area (Å²) in [5.41, 5.74) is 7.85. The van der Waals surface area contributed by atoms with Crippen LogP contribution in [-0.4, -0.2) is 24.5 Å². The summed E-state index contributed by atoms with van der Waals surface area (Å²) in [5, 5.41) is 0. The van der Waals surface area contributed by atoms with Crippen molar-refractivity contribution in [3.8, 4) is 0 Å². The number of aliphatic imine (C=N–C) groups is 1. The van der Waals surface area contributed by atoms with Crippen LogP contribution in [0.15, 0.2) is 40.9 Å². The number of aryl methyl sites for hydroxylation is 1. The molecule has 22 heavy (non-hydrogen) atoms. The van der Waals surface area contributed by atoms with Crippen molar-refractivity contribution in [1.82, 2.24) is 0 Å². The van der Waals surface area contributed by atoms with Gasteiger partial charge in [0.15, 0.2) is 0 Å². The third kappa shape index (κ3) is 3.42. The van der Waals surface area contributed by atoms with E-state index in [0.29, 0.717) is 0 Å². The Hall–Kier alpha value is -1.59. The average Bonchev–Trinajstić information content (AvgIpc) is 2.68. The Morgan fingerprint density at radius 2 is 1.68 bits per heavy atom. The Morgan fingerprint density at radius 1 is 1.14 bits per heavy atom. The number of nitrogens with two attached hydrogens (primary N) is 1. The lowest BCUT2D eigenvalue weighted by Crippen LogP contribution is -2.41. The van der Waals surface area contributed by atoms with Crippen LogP contribution in [0.3, 0.4) is 0 Å². The van der Waals surface area contributed by atoms with E-state index >= 15 is 0 Å². The van der Waals surface area contributed by atoms with E-state index in [1.165, 1.54) is 11.8 Å². The van der Waals surface area contributed by atoms with Crippen molar-refractivity contribution in [3.63, 3.8) is 0 Å². The minimum absolute atomic E-state index is 0.386. The van der Waals surface area contributed by atoms with Crippen molar-refractivity contribution in [2.24, 2.45) is 10.7 Å². The molecule has 0 aliphatic carbocycles. The Balaban J connectivity index is 2.12. The molecule has 0 bridgehead atoms. The molecule has 2 rings (SSSR count). The maximum atomic E-state index is 5.98. The van der Waals surface area contributed by atoms with Crippen molar-refractivity contribution in [2.45, 2.75) is 52.2 Å². The minimum Gasteiger partial charge on any atom is -0.405 e. The number of benzene rings is 1. The van der Waals surface area contributed by atoms with Crippen molar-refractivity contribution in [1.29, 1.82) is 0 Å².